The van der Waals surface area contributed by atoms with E-state index >= 15 is 0 Å². The van der Waals surface area contributed by atoms with E-state index in [1.165, 1.54) is 125 Å². The third kappa shape index (κ3) is 7.46. The van der Waals surface area contributed by atoms with E-state index in [1.807, 2.05) is 0 Å². The molecule has 96 heavy (non-hydrogen) atoms. The van der Waals surface area contributed by atoms with Crippen LogP contribution in [0.5, 0.6) is 0 Å². The summed E-state index contributed by atoms with van der Waals surface area (Å²) in [5, 5.41) is 14.7. The monoisotopic (exact) mass is 1220 g/mol. The fourth-order valence-corrected chi connectivity index (χ4v) is 16.5. The Balaban J connectivity index is 0.802. The summed E-state index contributed by atoms with van der Waals surface area (Å²) in [5.41, 5.74) is 25.3. The number of benzene rings is 15. The highest BCUT2D eigenvalue weighted by molar-refractivity contribution is 6.27. The highest BCUT2D eigenvalue weighted by Crippen LogP contribution is 2.47. The van der Waals surface area contributed by atoms with Gasteiger partial charge in [0, 0.05) is 98.8 Å². The summed E-state index contributed by atoms with van der Waals surface area (Å²) in [5.74, 6) is 0. The van der Waals surface area contributed by atoms with Crippen LogP contribution in [0.25, 0.3) is 187 Å². The van der Waals surface area contributed by atoms with Crippen LogP contribution >= 0.6 is 0 Å². The standard InChI is InChI=1S/C90H56N6/c1-4-22-61(23-5-1)91-79-34-16-10-28-67(79)73-48-50-75-70-31-13-19-37-82(70)94(87(75)85(73)91)64-44-40-57(41-45-64)59-54-60(56-66(55-59)96-84-39-21-15-33-72(84)78-53-52-77-69-30-12-18-36-81(69)93(89(77)90(78)96)63-26-8-3-9-27-63)58-42-46-65(47-43-58)95-83-38-20-14-32-71(83)76-51-49-74-68-29-11-17-35-80(68)92(86(74)88(76)95)62-24-6-2-7-25-62/h1-56H. The third-order valence-electron chi connectivity index (χ3n) is 20.5. The normalized spacial score (nSPS) is 12.2. The molecule has 0 saturated heterocycles. The molecule has 21 aromatic rings. The van der Waals surface area contributed by atoms with E-state index < -0.39 is 0 Å². The fraction of sp³-hybridized carbons (Fsp3) is 0. The number of rotatable bonds is 8. The maximum atomic E-state index is 2.55. The fourth-order valence-electron chi connectivity index (χ4n) is 16.5. The first-order chi connectivity index (χ1) is 47.7. The molecule has 0 unspecified atom stereocenters. The van der Waals surface area contributed by atoms with Crippen LogP contribution < -0.4 is 0 Å². The number of nitrogens with zero attached hydrogens (tertiary/aromatic N) is 6. The zero-order valence-electron chi connectivity index (χ0n) is 52.0. The van der Waals surface area contributed by atoms with Gasteiger partial charge in [0.2, 0.25) is 0 Å². The van der Waals surface area contributed by atoms with Crippen molar-refractivity contribution in [2.75, 3.05) is 0 Å². The minimum Gasteiger partial charge on any atom is -0.307 e. The van der Waals surface area contributed by atoms with Crippen LogP contribution in [0.2, 0.25) is 0 Å². The van der Waals surface area contributed by atoms with Crippen molar-refractivity contribution in [3.63, 3.8) is 0 Å². The van der Waals surface area contributed by atoms with Crippen LogP contribution in [0.4, 0.5) is 0 Å². The van der Waals surface area contributed by atoms with Crippen LogP contribution in [0.3, 0.4) is 0 Å². The average molecular weight is 1220 g/mol. The SMILES string of the molecule is c1ccc(-n2c3ccccc3c3ccc4c5ccccc5n(-c5ccc(-c6cc(-c7ccc(-n8c9ccccc9c9ccc%10c%11ccccc%11n(-c%11ccccc%11)c%10c98)cc7)cc(-n7c8ccccc8c8ccc9c%10ccccc%10n(-c%10ccccc%10)c9c87)c6)cc5)c4c32)cc1. The van der Waals surface area contributed by atoms with Gasteiger partial charge in [0.15, 0.2) is 0 Å². The lowest BCUT2D eigenvalue weighted by molar-refractivity contribution is 1.15. The lowest BCUT2D eigenvalue weighted by atomic mass is 9.97. The van der Waals surface area contributed by atoms with Crippen molar-refractivity contribution in [2.45, 2.75) is 0 Å². The first-order valence-corrected chi connectivity index (χ1v) is 33.1. The van der Waals surface area contributed by atoms with E-state index in [4.69, 9.17) is 0 Å². The smallest absolute Gasteiger partial charge is 0.0788 e. The number of hydrogen-bond acceptors (Lipinski definition) is 0. The Kier molecular flexibility index (Phi) is 11.1. The molecule has 15 aromatic carbocycles. The number of aromatic nitrogens is 6. The first-order valence-electron chi connectivity index (χ1n) is 33.1. The molecular formula is C90H56N6. The second-order valence-electron chi connectivity index (χ2n) is 25.6. The van der Waals surface area contributed by atoms with Crippen molar-refractivity contribution < 1.29 is 0 Å². The Labute approximate surface area is 551 Å². The molecule has 0 radical (unpaired) electrons. The Morgan fingerprint density at radius 2 is 0.323 bits per heavy atom. The van der Waals surface area contributed by atoms with Gasteiger partial charge in [0.25, 0.3) is 0 Å². The Hall–Kier alpha value is -12.9. The van der Waals surface area contributed by atoms with E-state index in [1.54, 1.807) is 0 Å². The molecular weight excluding hydrogens is 1170 g/mol. The van der Waals surface area contributed by atoms with Gasteiger partial charge in [0.1, 0.15) is 0 Å². The molecule has 0 aliphatic rings. The van der Waals surface area contributed by atoms with Gasteiger partial charge in [-0.1, -0.05) is 224 Å². The van der Waals surface area contributed by atoms with Gasteiger partial charge in [-0.25, -0.2) is 0 Å². The summed E-state index contributed by atoms with van der Waals surface area (Å²) in [4.78, 5) is 0. The molecule has 0 spiro atoms. The molecule has 0 atom stereocenters. The van der Waals surface area contributed by atoms with Crippen molar-refractivity contribution >= 4 is 131 Å². The van der Waals surface area contributed by atoms with Crippen molar-refractivity contribution in [3.8, 4) is 56.4 Å². The summed E-state index contributed by atoms with van der Waals surface area (Å²) in [7, 11) is 0. The molecule has 6 aromatic heterocycles. The highest BCUT2D eigenvalue weighted by atomic mass is 15.1. The minimum absolute atomic E-state index is 1.08. The van der Waals surface area contributed by atoms with Crippen LogP contribution in [0, 0.1) is 0 Å². The van der Waals surface area contributed by atoms with Crippen molar-refractivity contribution in [1.29, 1.82) is 0 Å². The molecule has 0 bridgehead atoms. The molecule has 0 aliphatic carbocycles. The van der Waals surface area contributed by atoms with Crippen LogP contribution in [-0.2, 0) is 0 Å². The molecule has 0 fully saturated rings. The predicted octanol–water partition coefficient (Wildman–Crippen LogP) is 23.6. The lowest BCUT2D eigenvalue weighted by Crippen LogP contribution is -2.00. The summed E-state index contributed by atoms with van der Waals surface area (Å²) in [6.07, 6.45) is 0. The summed E-state index contributed by atoms with van der Waals surface area (Å²) in [6.45, 7) is 0. The van der Waals surface area contributed by atoms with Gasteiger partial charge in [0.05, 0.1) is 66.2 Å². The second kappa shape index (κ2) is 20.3. The molecule has 446 valence electrons. The molecule has 0 saturated carbocycles. The summed E-state index contributed by atoms with van der Waals surface area (Å²) in [6, 6.07) is 126. The van der Waals surface area contributed by atoms with Crippen molar-refractivity contribution in [3.05, 3.63) is 340 Å². The Morgan fingerprint density at radius 3 is 0.562 bits per heavy atom. The average Bonchev–Trinajstić information content (AvgIpc) is 1.70. The summed E-state index contributed by atoms with van der Waals surface area (Å²) < 4.78 is 14.9. The molecule has 0 amide bonds. The van der Waals surface area contributed by atoms with Crippen LogP contribution in [0.15, 0.2) is 340 Å². The first kappa shape index (κ1) is 52.7. The minimum atomic E-state index is 1.08. The number of fused-ring (bicyclic) bond motifs is 21. The van der Waals surface area contributed by atoms with E-state index in [0.717, 1.165) is 61.9 Å². The zero-order chi connectivity index (χ0) is 62.7. The maximum Gasteiger partial charge on any atom is 0.0788 e. The molecule has 0 aliphatic heterocycles. The molecule has 6 heteroatoms. The van der Waals surface area contributed by atoms with Crippen LogP contribution in [0.1, 0.15) is 0 Å². The van der Waals surface area contributed by atoms with Gasteiger partial charge in [-0.2, -0.15) is 0 Å². The van der Waals surface area contributed by atoms with Gasteiger partial charge in [-0.15, -0.1) is 0 Å². The van der Waals surface area contributed by atoms with Gasteiger partial charge >= 0.3 is 0 Å². The predicted molar refractivity (Wildman–Crippen MR) is 403 cm³/mol. The van der Waals surface area contributed by atoms with Gasteiger partial charge in [-0.3, -0.25) is 0 Å². The Bertz CT molecular complexity index is 6480. The maximum absolute atomic E-state index is 2.55. The van der Waals surface area contributed by atoms with Crippen molar-refractivity contribution in [2.24, 2.45) is 0 Å². The quantitative estimate of drug-likeness (QED) is 0.145. The van der Waals surface area contributed by atoms with E-state index in [9.17, 15) is 0 Å². The number of hydrogen-bond donors (Lipinski definition) is 0. The molecule has 0 N–H and O–H groups in total. The van der Waals surface area contributed by atoms with Crippen LogP contribution in [-0.4, -0.2) is 27.4 Å². The highest BCUT2D eigenvalue weighted by Gasteiger charge is 2.26. The zero-order valence-corrected chi connectivity index (χ0v) is 52.0. The molecule has 6 heterocycles. The second-order valence-corrected chi connectivity index (χ2v) is 25.6. The topological polar surface area (TPSA) is 29.6 Å². The van der Waals surface area contributed by atoms with Gasteiger partial charge in [-0.05, 0) is 138 Å². The van der Waals surface area contributed by atoms with E-state index in [2.05, 4.69) is 367 Å². The number of para-hydroxylation sites is 9. The largest absolute Gasteiger partial charge is 0.307 e. The van der Waals surface area contributed by atoms with E-state index in [-0.39, 0.29) is 0 Å². The van der Waals surface area contributed by atoms with Gasteiger partial charge < -0.3 is 27.4 Å². The van der Waals surface area contributed by atoms with E-state index in [0.29, 0.717) is 0 Å². The summed E-state index contributed by atoms with van der Waals surface area (Å²) >= 11 is 0. The molecule has 6 nitrogen and oxygen atoms in total. The lowest BCUT2D eigenvalue weighted by Gasteiger charge is -2.17. The third-order valence-corrected chi connectivity index (χ3v) is 20.5. The Morgan fingerprint density at radius 1 is 0.125 bits per heavy atom. The molecule has 21 rings (SSSR count). The van der Waals surface area contributed by atoms with Crippen molar-refractivity contribution in [1.82, 2.24) is 27.4 Å².